The van der Waals surface area contributed by atoms with Gasteiger partial charge in [0.2, 0.25) is 5.95 Å². The largest absolute Gasteiger partial charge is 0.309 e. The van der Waals surface area contributed by atoms with Crippen LogP contribution in [0.1, 0.15) is 0 Å². The molecular formula is C56H35N7. The average Bonchev–Trinajstić information content (AvgIpc) is 4.00. The first-order valence-corrected chi connectivity index (χ1v) is 21.1. The highest BCUT2D eigenvalue weighted by molar-refractivity contribution is 6.13. The minimum Gasteiger partial charge on any atom is -0.309 e. The SMILES string of the molecule is c1ccc(-c2nc(-c3ccccc3)nc(-n3c4ccccc4c4cc(-c5ccc6c(c5)c5ccccc5n6-c5ccc(-n6c7ccccc7c7ncccc76)cc5)ccc43)n2)cc1. The summed E-state index contributed by atoms with van der Waals surface area (Å²) in [4.78, 5) is 19.9. The van der Waals surface area contributed by atoms with Crippen LogP contribution in [0.15, 0.2) is 212 Å². The molecule has 5 heterocycles. The van der Waals surface area contributed by atoms with Crippen LogP contribution in [0.2, 0.25) is 0 Å². The van der Waals surface area contributed by atoms with Crippen LogP contribution in [0.4, 0.5) is 0 Å². The van der Waals surface area contributed by atoms with Gasteiger partial charge in [-0.05, 0) is 90.0 Å². The standard InChI is InChI=1S/C56H35N7/c1-3-14-36(15-4-1)54-58-55(37-16-5-2-6-17-37)60-56(59-54)63-48-22-11-8-19-43(48)46-35-39(26-32-51(46)63)38-25-31-50-45(34-38)42-18-7-10-21-47(42)61(50)40-27-29-41(30-28-40)62-49-23-12-9-20-44(49)53-52(62)24-13-33-57-53/h1-35H. The molecule has 63 heavy (non-hydrogen) atoms. The Morgan fingerprint density at radius 3 is 1.29 bits per heavy atom. The molecule has 0 bridgehead atoms. The van der Waals surface area contributed by atoms with Gasteiger partial charge < -0.3 is 9.13 Å². The molecule has 7 heteroatoms. The molecule has 0 unspecified atom stereocenters. The monoisotopic (exact) mass is 805 g/mol. The number of rotatable bonds is 6. The van der Waals surface area contributed by atoms with Gasteiger partial charge in [-0.2, -0.15) is 9.97 Å². The van der Waals surface area contributed by atoms with E-state index in [0.717, 1.165) is 82.9 Å². The van der Waals surface area contributed by atoms with E-state index in [0.29, 0.717) is 17.6 Å². The van der Waals surface area contributed by atoms with Gasteiger partial charge in [-0.15, -0.1) is 0 Å². The number of fused-ring (bicyclic) bond motifs is 9. The number of benzene rings is 8. The molecule has 0 saturated carbocycles. The van der Waals surface area contributed by atoms with Crippen LogP contribution >= 0.6 is 0 Å². The molecule has 0 N–H and O–H groups in total. The van der Waals surface area contributed by atoms with E-state index in [-0.39, 0.29) is 0 Å². The summed E-state index contributed by atoms with van der Waals surface area (Å²) in [5.74, 6) is 1.84. The van der Waals surface area contributed by atoms with Gasteiger partial charge in [-0.1, -0.05) is 127 Å². The van der Waals surface area contributed by atoms with E-state index in [1.807, 2.05) is 72.9 Å². The molecule has 0 aliphatic carbocycles. The van der Waals surface area contributed by atoms with Crippen molar-refractivity contribution in [2.75, 3.05) is 0 Å². The second-order valence-electron chi connectivity index (χ2n) is 15.9. The lowest BCUT2D eigenvalue weighted by molar-refractivity contribution is 0.953. The van der Waals surface area contributed by atoms with Gasteiger partial charge in [0, 0.05) is 55.6 Å². The zero-order chi connectivity index (χ0) is 41.4. The highest BCUT2D eigenvalue weighted by Gasteiger charge is 2.20. The normalized spacial score (nSPS) is 11.8. The molecular weight excluding hydrogens is 771 g/mol. The van der Waals surface area contributed by atoms with E-state index in [2.05, 4.69) is 153 Å². The molecule has 0 fully saturated rings. The topological polar surface area (TPSA) is 66.3 Å². The molecule has 0 atom stereocenters. The number of hydrogen-bond donors (Lipinski definition) is 0. The van der Waals surface area contributed by atoms with E-state index in [4.69, 9.17) is 19.9 Å². The maximum absolute atomic E-state index is 5.12. The molecule has 7 nitrogen and oxygen atoms in total. The maximum atomic E-state index is 5.12. The molecule has 294 valence electrons. The fourth-order valence-corrected chi connectivity index (χ4v) is 9.51. The number of hydrogen-bond acceptors (Lipinski definition) is 4. The van der Waals surface area contributed by atoms with E-state index in [1.165, 1.54) is 16.3 Å². The van der Waals surface area contributed by atoms with E-state index >= 15 is 0 Å². The third-order valence-electron chi connectivity index (χ3n) is 12.4. The first-order valence-electron chi connectivity index (χ1n) is 21.1. The number of pyridine rings is 1. The lowest BCUT2D eigenvalue weighted by atomic mass is 10.0. The fourth-order valence-electron chi connectivity index (χ4n) is 9.51. The van der Waals surface area contributed by atoms with Crippen molar-refractivity contribution < 1.29 is 0 Å². The van der Waals surface area contributed by atoms with Crippen LogP contribution in [-0.4, -0.2) is 33.6 Å². The molecule has 13 rings (SSSR count). The highest BCUT2D eigenvalue weighted by atomic mass is 15.2. The first-order chi connectivity index (χ1) is 31.2. The smallest absolute Gasteiger partial charge is 0.238 e. The fraction of sp³-hybridized carbons (Fsp3) is 0. The average molecular weight is 806 g/mol. The van der Waals surface area contributed by atoms with Gasteiger partial charge in [-0.25, -0.2) is 4.98 Å². The zero-order valence-electron chi connectivity index (χ0n) is 33.8. The van der Waals surface area contributed by atoms with Gasteiger partial charge in [0.15, 0.2) is 11.6 Å². The molecule has 0 aliphatic heterocycles. The van der Waals surface area contributed by atoms with Crippen molar-refractivity contribution in [3.8, 4) is 51.2 Å². The number of aromatic nitrogens is 7. The van der Waals surface area contributed by atoms with Crippen molar-refractivity contribution in [1.29, 1.82) is 0 Å². The first kappa shape index (κ1) is 35.1. The lowest BCUT2D eigenvalue weighted by Gasteiger charge is -2.12. The quantitative estimate of drug-likeness (QED) is 0.168. The summed E-state index contributed by atoms with van der Waals surface area (Å²) >= 11 is 0. The third-order valence-corrected chi connectivity index (χ3v) is 12.4. The van der Waals surface area contributed by atoms with E-state index < -0.39 is 0 Å². The van der Waals surface area contributed by atoms with Crippen molar-refractivity contribution in [2.45, 2.75) is 0 Å². The van der Waals surface area contributed by atoms with Crippen LogP contribution in [0.25, 0.3) is 117 Å². The number of para-hydroxylation sites is 3. The van der Waals surface area contributed by atoms with Crippen LogP contribution in [0.3, 0.4) is 0 Å². The Bertz CT molecular complexity index is 3790. The van der Waals surface area contributed by atoms with Crippen LogP contribution in [0.5, 0.6) is 0 Å². The second-order valence-corrected chi connectivity index (χ2v) is 15.9. The minimum atomic E-state index is 0.580. The summed E-state index contributed by atoms with van der Waals surface area (Å²) in [6.07, 6.45) is 1.87. The van der Waals surface area contributed by atoms with Crippen molar-refractivity contribution >= 4 is 65.5 Å². The van der Waals surface area contributed by atoms with Crippen LogP contribution in [-0.2, 0) is 0 Å². The Morgan fingerprint density at radius 2 is 0.714 bits per heavy atom. The van der Waals surface area contributed by atoms with Gasteiger partial charge in [0.1, 0.15) is 0 Å². The van der Waals surface area contributed by atoms with Crippen molar-refractivity contribution in [1.82, 2.24) is 33.6 Å². The molecule has 5 aromatic heterocycles. The Balaban J connectivity index is 0.934. The van der Waals surface area contributed by atoms with Gasteiger partial charge in [0.05, 0.1) is 38.6 Å². The molecule has 0 spiro atoms. The van der Waals surface area contributed by atoms with Crippen molar-refractivity contribution in [3.63, 3.8) is 0 Å². The Labute approximate surface area is 361 Å². The molecule has 0 aliphatic rings. The summed E-state index contributed by atoms with van der Waals surface area (Å²) in [7, 11) is 0. The van der Waals surface area contributed by atoms with E-state index in [9.17, 15) is 0 Å². The minimum absolute atomic E-state index is 0.580. The molecule has 13 aromatic rings. The summed E-state index contributed by atoms with van der Waals surface area (Å²) in [5, 5.41) is 5.83. The van der Waals surface area contributed by atoms with Crippen LogP contribution in [0, 0.1) is 0 Å². The number of nitrogens with zero attached hydrogens (tertiary/aromatic N) is 7. The Morgan fingerprint density at radius 1 is 0.286 bits per heavy atom. The molecule has 0 radical (unpaired) electrons. The molecule has 0 saturated heterocycles. The summed E-state index contributed by atoms with van der Waals surface area (Å²) in [5.41, 5.74) is 14.0. The van der Waals surface area contributed by atoms with Gasteiger partial charge >= 0.3 is 0 Å². The Kier molecular flexibility index (Phi) is 7.77. The summed E-state index contributed by atoms with van der Waals surface area (Å²) in [6, 6.07) is 72.6. The Hall–Kier alpha value is -8.68. The third kappa shape index (κ3) is 5.53. The van der Waals surface area contributed by atoms with E-state index in [1.54, 1.807) is 0 Å². The van der Waals surface area contributed by atoms with Gasteiger partial charge in [0.25, 0.3) is 0 Å². The van der Waals surface area contributed by atoms with Crippen molar-refractivity contribution in [2.24, 2.45) is 0 Å². The maximum Gasteiger partial charge on any atom is 0.238 e. The molecule has 0 amide bonds. The second kappa shape index (κ2) is 13.9. The predicted molar refractivity (Wildman–Crippen MR) is 257 cm³/mol. The highest BCUT2D eigenvalue weighted by Crippen LogP contribution is 2.39. The van der Waals surface area contributed by atoms with Crippen molar-refractivity contribution in [3.05, 3.63) is 212 Å². The van der Waals surface area contributed by atoms with Gasteiger partial charge in [-0.3, -0.25) is 9.55 Å². The predicted octanol–water partition coefficient (Wildman–Crippen LogP) is 13.6. The zero-order valence-corrected chi connectivity index (χ0v) is 33.8. The summed E-state index contributed by atoms with van der Waals surface area (Å²) in [6.45, 7) is 0. The van der Waals surface area contributed by atoms with Crippen LogP contribution < -0.4 is 0 Å². The molecule has 8 aromatic carbocycles. The lowest BCUT2D eigenvalue weighted by Crippen LogP contribution is -2.06. The summed E-state index contributed by atoms with van der Waals surface area (Å²) < 4.78 is 6.86.